The van der Waals surface area contributed by atoms with Crippen molar-refractivity contribution >= 4 is 17.5 Å². The van der Waals surface area contributed by atoms with E-state index in [4.69, 9.17) is 16.3 Å². The molecule has 1 aliphatic rings. The zero-order chi connectivity index (χ0) is 29.0. The van der Waals surface area contributed by atoms with E-state index in [9.17, 15) is 31.5 Å². The van der Waals surface area contributed by atoms with Crippen LogP contribution in [0.25, 0.3) is 11.4 Å². The van der Waals surface area contributed by atoms with Gasteiger partial charge in [-0.25, -0.2) is 18.2 Å². The molecule has 2 N–H and O–H groups in total. The normalized spacial score (nSPS) is 17.7. The van der Waals surface area contributed by atoms with Crippen LogP contribution in [0.5, 0.6) is 0 Å². The molecule has 0 radical (unpaired) electrons. The van der Waals surface area contributed by atoms with E-state index in [0.717, 1.165) is 11.6 Å². The number of carbonyl (C=O) groups excluding carboxylic acids is 1. The van der Waals surface area contributed by atoms with E-state index in [1.165, 1.54) is 0 Å². The zero-order valence-corrected chi connectivity index (χ0v) is 21.6. The highest BCUT2D eigenvalue weighted by Gasteiger charge is 2.37. The van der Waals surface area contributed by atoms with Crippen molar-refractivity contribution < 1.29 is 35.9 Å². The lowest BCUT2D eigenvalue weighted by Crippen LogP contribution is -2.34. The fourth-order valence-corrected chi connectivity index (χ4v) is 4.67. The van der Waals surface area contributed by atoms with Gasteiger partial charge in [-0.05, 0) is 49.4 Å². The van der Waals surface area contributed by atoms with Crippen molar-refractivity contribution in [2.75, 3.05) is 0 Å². The minimum absolute atomic E-state index is 0.0479. The number of ether oxygens (including phenoxy) is 1. The molecule has 2 aromatic carbocycles. The van der Waals surface area contributed by atoms with Gasteiger partial charge in [0.15, 0.2) is 0 Å². The second kappa shape index (κ2) is 12.4. The van der Waals surface area contributed by atoms with Crippen molar-refractivity contribution in [1.82, 2.24) is 15.3 Å². The minimum Gasteiger partial charge on any atom is -0.374 e. The Balaban J connectivity index is 1.42. The van der Waals surface area contributed by atoms with E-state index in [1.807, 2.05) is 17.1 Å². The van der Waals surface area contributed by atoms with Crippen molar-refractivity contribution in [2.45, 2.75) is 57.5 Å². The van der Waals surface area contributed by atoms with Crippen LogP contribution in [-0.4, -0.2) is 22.0 Å². The van der Waals surface area contributed by atoms with Gasteiger partial charge < -0.3 is 15.0 Å². The second-order valence-corrected chi connectivity index (χ2v) is 9.84. The summed E-state index contributed by atoms with van der Waals surface area (Å²) in [4.78, 5) is 29.8. The molecule has 1 saturated carbocycles. The summed E-state index contributed by atoms with van der Waals surface area (Å²) in [7, 11) is 0. The highest BCUT2D eigenvalue weighted by molar-refractivity contribution is 6.30. The Morgan fingerprint density at radius 1 is 1.10 bits per heavy atom. The van der Waals surface area contributed by atoms with E-state index >= 15 is 4.39 Å². The number of nitrogens with zero attached hydrogens (tertiary/aromatic N) is 1. The minimum atomic E-state index is -5.08. The van der Waals surface area contributed by atoms with E-state index in [1.54, 1.807) is 12.1 Å². The maximum Gasteiger partial charge on any atom is 0.417 e. The Hall–Kier alpha value is -3.38. The number of benzene rings is 2. The van der Waals surface area contributed by atoms with Crippen LogP contribution < -0.4 is 10.9 Å². The van der Waals surface area contributed by atoms with Crippen molar-refractivity contribution in [3.63, 3.8) is 0 Å². The third kappa shape index (κ3) is 7.22. The first-order valence-electron chi connectivity index (χ1n) is 12.3. The Morgan fingerprint density at radius 3 is 2.40 bits per heavy atom. The van der Waals surface area contributed by atoms with Gasteiger partial charge >= 0.3 is 6.18 Å². The van der Waals surface area contributed by atoms with Crippen LogP contribution in [0.15, 0.2) is 47.3 Å². The number of nitrogens with one attached hydrogen (secondary N) is 2. The SMILES string of the molecule is O=c1cc(C(F)F)nc(-c2c(C(F)(F)F)ccc(CNC(=O)[C@H]3CC[C@H](OCc4ccc(Cl)cc4)CC3)c2F)[nH]1. The van der Waals surface area contributed by atoms with Crippen molar-refractivity contribution in [1.29, 1.82) is 0 Å². The predicted molar refractivity (Wildman–Crippen MR) is 134 cm³/mol. The molecule has 4 rings (SSSR count). The van der Waals surface area contributed by atoms with Crippen LogP contribution in [0.1, 0.15) is 54.5 Å². The fourth-order valence-electron chi connectivity index (χ4n) is 4.54. The van der Waals surface area contributed by atoms with Crippen LogP contribution in [0.2, 0.25) is 5.02 Å². The third-order valence-corrected chi connectivity index (χ3v) is 6.90. The summed E-state index contributed by atoms with van der Waals surface area (Å²) < 4.78 is 88.4. The molecule has 3 aromatic rings. The average Bonchev–Trinajstić information content (AvgIpc) is 2.91. The molecule has 0 bridgehead atoms. The number of alkyl halides is 5. The number of carbonyl (C=O) groups is 1. The lowest BCUT2D eigenvalue weighted by atomic mass is 9.86. The molecular formula is C27H24ClF6N3O3. The summed E-state index contributed by atoms with van der Waals surface area (Å²) in [6.07, 6.45) is -6.15. The molecule has 0 spiro atoms. The van der Waals surface area contributed by atoms with Gasteiger partial charge in [-0.15, -0.1) is 0 Å². The van der Waals surface area contributed by atoms with E-state index in [-0.39, 0.29) is 11.7 Å². The summed E-state index contributed by atoms with van der Waals surface area (Å²) in [5.41, 5.74) is -4.33. The standard InChI is InChI=1S/C27H24ClF6N3O3/c28-17-6-1-14(2-7-17)13-40-18-8-3-15(4-9-18)26(39)35-12-16-5-10-19(27(32,33)34)22(23(16)29)25-36-20(24(30)31)11-21(38)37-25/h1-2,5-7,10-11,15,18,24H,3-4,8-9,12-13H2,(H,35,39)(H,36,37,38)/t15-,18-. The molecule has 1 aliphatic carbocycles. The number of halogens is 7. The first kappa shape index (κ1) is 29.6. The number of H-pyrrole nitrogens is 1. The topological polar surface area (TPSA) is 84.1 Å². The molecule has 0 unspecified atom stereocenters. The predicted octanol–water partition coefficient (Wildman–Crippen LogP) is 6.58. The van der Waals surface area contributed by atoms with Crippen LogP contribution in [-0.2, 0) is 28.9 Å². The van der Waals surface area contributed by atoms with Gasteiger partial charge in [0, 0.05) is 29.1 Å². The van der Waals surface area contributed by atoms with Crippen LogP contribution in [0, 0.1) is 11.7 Å². The van der Waals surface area contributed by atoms with Crippen molar-refractivity contribution in [3.8, 4) is 11.4 Å². The molecule has 0 atom stereocenters. The van der Waals surface area contributed by atoms with Crippen LogP contribution in [0.4, 0.5) is 26.3 Å². The summed E-state index contributed by atoms with van der Waals surface area (Å²) in [6.45, 7) is -0.0594. The molecule has 1 heterocycles. The largest absolute Gasteiger partial charge is 0.417 e. The van der Waals surface area contributed by atoms with Gasteiger partial charge in [0.05, 0.1) is 23.8 Å². The first-order valence-corrected chi connectivity index (χ1v) is 12.7. The Bertz CT molecular complexity index is 1400. The van der Waals surface area contributed by atoms with E-state index in [0.29, 0.717) is 49.4 Å². The molecule has 13 heteroatoms. The number of hydrogen-bond donors (Lipinski definition) is 2. The van der Waals surface area contributed by atoms with Gasteiger partial charge in [0.2, 0.25) is 5.91 Å². The lowest BCUT2D eigenvalue weighted by Gasteiger charge is -2.28. The lowest BCUT2D eigenvalue weighted by molar-refractivity contribution is -0.137. The Kier molecular flexibility index (Phi) is 9.19. The number of hydrogen-bond acceptors (Lipinski definition) is 4. The fraction of sp³-hybridized carbons (Fsp3) is 0.370. The summed E-state index contributed by atoms with van der Waals surface area (Å²) in [5.74, 6) is -3.22. The smallest absolute Gasteiger partial charge is 0.374 e. The van der Waals surface area contributed by atoms with Gasteiger partial charge in [-0.3, -0.25) is 9.59 Å². The molecule has 40 heavy (non-hydrogen) atoms. The maximum atomic E-state index is 15.4. The van der Waals surface area contributed by atoms with Gasteiger partial charge in [0.1, 0.15) is 17.3 Å². The monoisotopic (exact) mass is 587 g/mol. The molecule has 214 valence electrons. The molecule has 0 saturated heterocycles. The molecule has 1 aromatic heterocycles. The number of amides is 1. The first-order chi connectivity index (χ1) is 18.9. The van der Waals surface area contributed by atoms with Crippen molar-refractivity contribution in [2.24, 2.45) is 5.92 Å². The van der Waals surface area contributed by atoms with Crippen molar-refractivity contribution in [3.05, 3.63) is 86.0 Å². The van der Waals surface area contributed by atoms with E-state index < -0.39 is 65.0 Å². The molecule has 0 aliphatic heterocycles. The Labute approximate surface area is 229 Å². The van der Waals surface area contributed by atoms with Crippen LogP contribution in [0.3, 0.4) is 0 Å². The maximum absolute atomic E-state index is 15.4. The molecule has 1 amide bonds. The van der Waals surface area contributed by atoms with Crippen LogP contribution >= 0.6 is 11.6 Å². The third-order valence-electron chi connectivity index (χ3n) is 6.65. The van der Waals surface area contributed by atoms with Gasteiger partial charge in [0.25, 0.3) is 12.0 Å². The number of aromatic amines is 1. The Morgan fingerprint density at radius 2 is 1.77 bits per heavy atom. The number of aromatic nitrogens is 2. The number of rotatable bonds is 8. The summed E-state index contributed by atoms with van der Waals surface area (Å²) >= 11 is 5.88. The quantitative estimate of drug-likeness (QED) is 0.292. The average molecular weight is 588 g/mol. The summed E-state index contributed by atoms with van der Waals surface area (Å²) in [6, 6.07) is 9.06. The highest BCUT2D eigenvalue weighted by atomic mass is 35.5. The molecule has 1 fully saturated rings. The van der Waals surface area contributed by atoms with Gasteiger partial charge in [-0.1, -0.05) is 29.8 Å². The molecule has 6 nitrogen and oxygen atoms in total. The molecular weight excluding hydrogens is 564 g/mol. The van der Waals surface area contributed by atoms with E-state index in [2.05, 4.69) is 10.3 Å². The zero-order valence-electron chi connectivity index (χ0n) is 20.8. The van der Waals surface area contributed by atoms with Gasteiger partial charge in [-0.2, -0.15) is 13.2 Å². The summed E-state index contributed by atoms with van der Waals surface area (Å²) in [5, 5.41) is 3.16. The highest BCUT2D eigenvalue weighted by Crippen LogP contribution is 2.38. The second-order valence-electron chi connectivity index (χ2n) is 9.41.